The minimum atomic E-state index is -4.64. The second-order valence-corrected chi connectivity index (χ2v) is 23.3. The molecule has 0 N–H and O–H groups in total. The van der Waals surface area contributed by atoms with Crippen LogP contribution in [0.1, 0.15) is 194 Å². The topological polar surface area (TPSA) is 111 Å². The van der Waals surface area contributed by atoms with Gasteiger partial charge in [0.1, 0.15) is 19.8 Å². The van der Waals surface area contributed by atoms with Gasteiger partial charge in [0.2, 0.25) is 0 Å². The number of rotatable bonds is 42. The standard InChI is InChI=1S/C44H84Br4NO8P/c1-6-8-10-12-16-22-28-39(45)41(47)30-24-18-14-20-26-32-43(50)54-36-38(37-56-58(52,53)55-35-34-49(3,4)5)57-44(51)33-27-21-15-19-25-31-42(48)40(46)29-23-17-13-11-9-7-2/h38-42H,6-37H2,1-5H3. The Kier molecular flexibility index (Phi) is 39.0. The molecule has 6 unspecified atom stereocenters. The second kappa shape index (κ2) is 38.4. The average molecular weight is 1110 g/mol. The van der Waals surface area contributed by atoms with Crippen molar-refractivity contribution in [2.75, 3.05) is 47.5 Å². The minimum Gasteiger partial charge on any atom is -0.756 e. The van der Waals surface area contributed by atoms with Crippen molar-refractivity contribution in [3.05, 3.63) is 0 Å². The highest BCUT2D eigenvalue weighted by molar-refractivity contribution is 9.12. The molecular weight excluding hydrogens is 1020 g/mol. The summed E-state index contributed by atoms with van der Waals surface area (Å²) in [5, 5.41) is 0. The lowest BCUT2D eigenvalue weighted by Gasteiger charge is -2.28. The summed E-state index contributed by atoms with van der Waals surface area (Å²) in [6.45, 7) is 4.17. The van der Waals surface area contributed by atoms with E-state index in [0.29, 0.717) is 43.2 Å². The normalized spacial score (nSPS) is 15.7. The molecule has 0 aromatic carbocycles. The van der Waals surface area contributed by atoms with Crippen molar-refractivity contribution >= 4 is 83.5 Å². The summed E-state index contributed by atoms with van der Waals surface area (Å²) >= 11 is 15.5. The molecule has 0 saturated carbocycles. The van der Waals surface area contributed by atoms with E-state index in [1.54, 1.807) is 0 Å². The zero-order valence-electron chi connectivity index (χ0n) is 37.2. The molecule has 0 aliphatic rings. The maximum Gasteiger partial charge on any atom is 0.306 e. The van der Waals surface area contributed by atoms with Crippen molar-refractivity contribution in [2.24, 2.45) is 0 Å². The van der Waals surface area contributed by atoms with Gasteiger partial charge in [-0.2, -0.15) is 0 Å². The van der Waals surface area contributed by atoms with Gasteiger partial charge in [-0.1, -0.05) is 206 Å². The number of likely N-dealkylation sites (N-methyl/N-ethyl adjacent to an activating group) is 1. The van der Waals surface area contributed by atoms with Crippen molar-refractivity contribution in [2.45, 2.75) is 219 Å². The molecule has 0 saturated heterocycles. The molecule has 0 amide bonds. The number of carbonyl (C=O) groups is 2. The van der Waals surface area contributed by atoms with E-state index in [-0.39, 0.29) is 26.1 Å². The number of halogens is 4. The largest absolute Gasteiger partial charge is 0.756 e. The Morgan fingerprint density at radius 3 is 1.29 bits per heavy atom. The third-order valence-corrected chi connectivity index (χ3v) is 17.1. The molecule has 9 nitrogen and oxygen atoms in total. The number of esters is 2. The summed E-state index contributed by atoms with van der Waals surface area (Å²) in [6.07, 6.45) is 29.6. The van der Waals surface area contributed by atoms with Crippen molar-refractivity contribution < 1.29 is 42.1 Å². The summed E-state index contributed by atoms with van der Waals surface area (Å²) in [5.41, 5.74) is 0. The molecular formula is C44H84Br4NO8P. The maximum atomic E-state index is 12.8. The monoisotopic (exact) mass is 1100 g/mol. The summed E-state index contributed by atoms with van der Waals surface area (Å²) in [6, 6.07) is 0. The molecule has 0 spiro atoms. The number of hydrogen-bond acceptors (Lipinski definition) is 8. The summed E-state index contributed by atoms with van der Waals surface area (Å²) < 4.78 is 34.1. The van der Waals surface area contributed by atoms with E-state index in [1.807, 2.05) is 21.1 Å². The molecule has 0 rings (SSSR count). The third kappa shape index (κ3) is 38.6. The number of ether oxygens (including phenoxy) is 2. The van der Waals surface area contributed by atoms with E-state index in [1.165, 1.54) is 89.9 Å². The van der Waals surface area contributed by atoms with E-state index in [4.69, 9.17) is 18.5 Å². The van der Waals surface area contributed by atoms with Crippen LogP contribution in [0.15, 0.2) is 0 Å². The van der Waals surface area contributed by atoms with Crippen molar-refractivity contribution in [1.82, 2.24) is 0 Å². The predicted octanol–water partition coefficient (Wildman–Crippen LogP) is 13.7. The SMILES string of the molecule is CCCCCCCCC(Br)C(Br)CCCCCCCC(=O)OCC(COP(=O)([O-])OCC[N+](C)(C)C)OC(=O)CCCCCCCC(Br)C(Br)CCCCCCCC. The van der Waals surface area contributed by atoms with Gasteiger partial charge in [0.15, 0.2) is 6.10 Å². The maximum absolute atomic E-state index is 12.8. The van der Waals surface area contributed by atoms with Crippen LogP contribution in [0.25, 0.3) is 0 Å². The van der Waals surface area contributed by atoms with E-state index >= 15 is 0 Å². The van der Waals surface area contributed by atoms with Gasteiger partial charge < -0.3 is 27.9 Å². The highest BCUT2D eigenvalue weighted by atomic mass is 79.9. The quantitative estimate of drug-likeness (QED) is 0.0195. The van der Waals surface area contributed by atoms with Crippen LogP contribution in [-0.2, 0) is 32.7 Å². The highest BCUT2D eigenvalue weighted by Gasteiger charge is 2.22. The van der Waals surface area contributed by atoms with Crippen LogP contribution in [0.5, 0.6) is 0 Å². The molecule has 14 heteroatoms. The zero-order valence-corrected chi connectivity index (χ0v) is 44.4. The number of alkyl halides is 4. The summed E-state index contributed by atoms with van der Waals surface area (Å²) in [7, 11) is 1.14. The number of unbranched alkanes of at least 4 members (excludes halogenated alkanes) is 18. The second-order valence-electron chi connectivity index (χ2n) is 17.2. The Morgan fingerprint density at radius 1 is 0.534 bits per heavy atom. The lowest BCUT2D eigenvalue weighted by atomic mass is 10.0. The van der Waals surface area contributed by atoms with Crippen LogP contribution in [0.2, 0.25) is 0 Å². The van der Waals surface area contributed by atoms with E-state index in [0.717, 1.165) is 64.2 Å². The van der Waals surface area contributed by atoms with Gasteiger partial charge in [-0.25, -0.2) is 0 Å². The Hall–Kier alpha value is 0.930. The van der Waals surface area contributed by atoms with Crippen LogP contribution >= 0.6 is 71.5 Å². The van der Waals surface area contributed by atoms with Gasteiger partial charge in [-0.05, 0) is 38.5 Å². The van der Waals surface area contributed by atoms with Crippen LogP contribution in [0.3, 0.4) is 0 Å². The van der Waals surface area contributed by atoms with Gasteiger partial charge in [-0.15, -0.1) is 0 Å². The average Bonchev–Trinajstić information content (AvgIpc) is 3.16. The first-order valence-electron chi connectivity index (χ1n) is 22.9. The molecule has 0 radical (unpaired) electrons. The molecule has 0 aliphatic heterocycles. The van der Waals surface area contributed by atoms with Crippen LogP contribution in [-0.4, -0.2) is 89.3 Å². The first-order chi connectivity index (χ1) is 27.6. The molecule has 0 fully saturated rings. The first-order valence-corrected chi connectivity index (χ1v) is 28.0. The Labute approximate surface area is 389 Å². The Balaban J connectivity index is 4.53. The van der Waals surface area contributed by atoms with E-state index in [9.17, 15) is 19.0 Å². The molecule has 0 heterocycles. The first kappa shape index (κ1) is 58.9. The summed E-state index contributed by atoms with van der Waals surface area (Å²) in [5.74, 6) is -0.865. The fraction of sp³-hybridized carbons (Fsp3) is 0.955. The lowest BCUT2D eigenvalue weighted by Crippen LogP contribution is -2.37. The number of quaternary nitrogens is 1. The van der Waals surface area contributed by atoms with Crippen molar-refractivity contribution in [1.29, 1.82) is 0 Å². The van der Waals surface area contributed by atoms with Crippen LogP contribution in [0.4, 0.5) is 0 Å². The van der Waals surface area contributed by atoms with Crippen molar-refractivity contribution in [3.63, 3.8) is 0 Å². The highest BCUT2D eigenvalue weighted by Crippen LogP contribution is 2.38. The van der Waals surface area contributed by atoms with E-state index in [2.05, 4.69) is 77.6 Å². The van der Waals surface area contributed by atoms with E-state index < -0.39 is 32.5 Å². The minimum absolute atomic E-state index is 0.0388. The lowest BCUT2D eigenvalue weighted by molar-refractivity contribution is -0.870. The van der Waals surface area contributed by atoms with Gasteiger partial charge in [0, 0.05) is 32.2 Å². The molecule has 58 heavy (non-hydrogen) atoms. The van der Waals surface area contributed by atoms with Gasteiger partial charge >= 0.3 is 11.9 Å². The Bertz CT molecular complexity index is 1040. The number of phosphoric ester groups is 1. The molecule has 0 bridgehead atoms. The number of nitrogens with zero attached hydrogens (tertiary/aromatic N) is 1. The fourth-order valence-electron chi connectivity index (χ4n) is 6.50. The number of hydrogen-bond donors (Lipinski definition) is 0. The molecule has 0 aromatic rings. The van der Waals surface area contributed by atoms with Crippen LogP contribution in [0, 0.1) is 0 Å². The smallest absolute Gasteiger partial charge is 0.306 e. The number of carbonyl (C=O) groups excluding carboxylic acids is 2. The van der Waals surface area contributed by atoms with Gasteiger partial charge in [0.05, 0.1) is 27.7 Å². The molecule has 0 aliphatic carbocycles. The molecule has 0 aromatic heterocycles. The Morgan fingerprint density at radius 2 is 0.897 bits per heavy atom. The van der Waals surface area contributed by atoms with Gasteiger partial charge in [0.25, 0.3) is 7.82 Å². The van der Waals surface area contributed by atoms with Gasteiger partial charge in [-0.3, -0.25) is 14.2 Å². The third-order valence-electron chi connectivity index (χ3n) is 10.3. The van der Waals surface area contributed by atoms with Crippen LogP contribution < -0.4 is 4.89 Å². The summed E-state index contributed by atoms with van der Waals surface area (Å²) in [4.78, 5) is 39.7. The zero-order chi connectivity index (χ0) is 43.5. The van der Waals surface area contributed by atoms with Crippen molar-refractivity contribution in [3.8, 4) is 0 Å². The fourth-order valence-corrected chi connectivity index (χ4v) is 9.58. The number of phosphoric acid groups is 1. The molecule has 6 atom stereocenters. The predicted molar refractivity (Wildman–Crippen MR) is 255 cm³/mol. The molecule has 346 valence electrons.